The number of nitrogens with zero attached hydrogens (tertiary/aromatic N) is 3. The second-order valence-corrected chi connectivity index (χ2v) is 4.08. The van der Waals surface area contributed by atoms with Gasteiger partial charge in [-0.2, -0.15) is 18.4 Å². The predicted octanol–water partition coefficient (Wildman–Crippen LogP) is 2.11. The molecule has 3 nitrogen and oxygen atoms in total. The lowest BCUT2D eigenvalue weighted by Gasteiger charge is -1.98. The molecule has 0 spiro atoms. The fraction of sp³-hybridized carbons (Fsp3) is 0.571. The van der Waals surface area contributed by atoms with E-state index in [0.717, 1.165) is 0 Å². The minimum Gasteiger partial charge on any atom is -0.197 e. The Labute approximate surface area is 81.2 Å². The van der Waals surface area contributed by atoms with E-state index >= 15 is 0 Å². The highest BCUT2D eigenvalue weighted by atomic mass is 32.1. The van der Waals surface area contributed by atoms with E-state index < -0.39 is 16.6 Å². The van der Waals surface area contributed by atoms with Gasteiger partial charge >= 0.3 is 6.18 Å². The molecule has 0 radical (unpaired) electrons. The molecule has 74 valence electrons. The molecule has 0 atom stereocenters. The maximum atomic E-state index is 12.1. The lowest BCUT2D eigenvalue weighted by atomic mass is 10.1. The smallest absolute Gasteiger partial charge is 0.197 e. The van der Waals surface area contributed by atoms with Crippen molar-refractivity contribution in [1.29, 1.82) is 5.26 Å². The molecule has 1 saturated carbocycles. The molecule has 0 aromatic carbocycles. The average molecular weight is 219 g/mol. The topological polar surface area (TPSA) is 49.6 Å². The fourth-order valence-electron chi connectivity index (χ4n) is 1.03. The Balaban J connectivity index is 2.32. The maximum Gasteiger partial charge on any atom is 0.445 e. The third-order valence-corrected chi connectivity index (χ3v) is 3.21. The summed E-state index contributed by atoms with van der Waals surface area (Å²) in [6.45, 7) is 0. The SMILES string of the molecule is N#CC1(c2nnc(C(F)(F)F)s2)CC1. The largest absolute Gasteiger partial charge is 0.445 e. The van der Waals surface area contributed by atoms with Crippen molar-refractivity contribution in [2.45, 2.75) is 24.4 Å². The van der Waals surface area contributed by atoms with E-state index in [0.29, 0.717) is 24.2 Å². The first-order valence-corrected chi connectivity index (χ1v) is 4.62. The lowest BCUT2D eigenvalue weighted by molar-refractivity contribution is -0.138. The highest BCUT2D eigenvalue weighted by Gasteiger charge is 2.49. The van der Waals surface area contributed by atoms with Gasteiger partial charge in [-0.15, -0.1) is 10.2 Å². The number of hydrogen-bond acceptors (Lipinski definition) is 4. The van der Waals surface area contributed by atoms with Crippen LogP contribution in [0.15, 0.2) is 0 Å². The molecule has 1 aliphatic carbocycles. The molecule has 1 aliphatic rings. The molecule has 0 aliphatic heterocycles. The summed E-state index contributed by atoms with van der Waals surface area (Å²) in [5, 5.41) is 14.4. The molecule has 0 amide bonds. The van der Waals surface area contributed by atoms with Gasteiger partial charge in [-0.1, -0.05) is 11.3 Å². The predicted molar refractivity (Wildman–Crippen MR) is 41.4 cm³/mol. The van der Waals surface area contributed by atoms with Crippen LogP contribution in [-0.2, 0) is 11.6 Å². The quantitative estimate of drug-likeness (QED) is 0.726. The Morgan fingerprint density at radius 1 is 1.36 bits per heavy atom. The highest BCUT2D eigenvalue weighted by molar-refractivity contribution is 7.11. The second-order valence-electron chi connectivity index (χ2n) is 3.10. The van der Waals surface area contributed by atoms with E-state index in [1.54, 1.807) is 0 Å². The standard InChI is InChI=1S/C7H4F3N3S/c8-7(9,10)5-13-12-4(14-5)6(3-11)1-2-6/h1-2H2. The maximum absolute atomic E-state index is 12.1. The van der Waals surface area contributed by atoms with Crippen molar-refractivity contribution in [3.05, 3.63) is 10.0 Å². The summed E-state index contributed by atoms with van der Waals surface area (Å²) in [7, 11) is 0. The van der Waals surface area contributed by atoms with Gasteiger partial charge in [-0.05, 0) is 12.8 Å². The van der Waals surface area contributed by atoms with E-state index in [-0.39, 0.29) is 5.01 Å². The molecule has 0 saturated heterocycles. The van der Waals surface area contributed by atoms with Crippen molar-refractivity contribution in [3.8, 4) is 6.07 Å². The first-order chi connectivity index (χ1) is 6.48. The van der Waals surface area contributed by atoms with Gasteiger partial charge in [0.1, 0.15) is 10.4 Å². The molecule has 2 rings (SSSR count). The number of rotatable bonds is 1. The van der Waals surface area contributed by atoms with Crippen molar-refractivity contribution in [1.82, 2.24) is 10.2 Å². The fourth-order valence-corrected chi connectivity index (χ4v) is 1.94. The molecule has 1 aromatic rings. The second kappa shape index (κ2) is 2.67. The summed E-state index contributed by atoms with van der Waals surface area (Å²) in [6.07, 6.45) is -3.30. The van der Waals surface area contributed by atoms with Crippen LogP contribution in [0.1, 0.15) is 22.9 Å². The van der Waals surface area contributed by atoms with Gasteiger partial charge < -0.3 is 0 Å². The van der Waals surface area contributed by atoms with Crippen molar-refractivity contribution in [2.24, 2.45) is 0 Å². The molecule has 1 heterocycles. The minimum atomic E-state index is -4.46. The molecular weight excluding hydrogens is 215 g/mol. The molecule has 1 fully saturated rings. The molecule has 0 unspecified atom stereocenters. The van der Waals surface area contributed by atoms with E-state index in [2.05, 4.69) is 10.2 Å². The number of aromatic nitrogens is 2. The van der Waals surface area contributed by atoms with Gasteiger partial charge in [-0.25, -0.2) is 0 Å². The Hall–Kier alpha value is -1.16. The van der Waals surface area contributed by atoms with Crippen LogP contribution in [0.25, 0.3) is 0 Å². The zero-order valence-corrected chi connectivity index (χ0v) is 7.61. The van der Waals surface area contributed by atoms with Gasteiger partial charge in [0.15, 0.2) is 0 Å². The summed E-state index contributed by atoms with van der Waals surface area (Å²) in [5.41, 5.74) is -0.777. The van der Waals surface area contributed by atoms with Crippen molar-refractivity contribution in [2.75, 3.05) is 0 Å². The van der Waals surface area contributed by atoms with Crippen LogP contribution in [-0.4, -0.2) is 10.2 Å². The van der Waals surface area contributed by atoms with Crippen molar-refractivity contribution < 1.29 is 13.2 Å². The van der Waals surface area contributed by atoms with Crippen molar-refractivity contribution >= 4 is 11.3 Å². The summed E-state index contributed by atoms with van der Waals surface area (Å²) < 4.78 is 36.4. The first-order valence-electron chi connectivity index (χ1n) is 3.80. The normalized spacial score (nSPS) is 19.0. The first kappa shape index (κ1) is 9.40. The zero-order valence-electron chi connectivity index (χ0n) is 6.80. The van der Waals surface area contributed by atoms with Crippen molar-refractivity contribution in [3.63, 3.8) is 0 Å². The summed E-state index contributed by atoms with van der Waals surface area (Å²) in [4.78, 5) is 0. The third kappa shape index (κ3) is 1.35. The highest BCUT2D eigenvalue weighted by Crippen LogP contribution is 2.49. The van der Waals surface area contributed by atoms with E-state index in [4.69, 9.17) is 5.26 Å². The number of hydrogen-bond donors (Lipinski definition) is 0. The van der Waals surface area contributed by atoms with Crippen LogP contribution in [0.2, 0.25) is 0 Å². The van der Waals surface area contributed by atoms with Gasteiger partial charge in [0, 0.05) is 0 Å². The van der Waals surface area contributed by atoms with Crippen LogP contribution in [0.4, 0.5) is 13.2 Å². The van der Waals surface area contributed by atoms with Crippen LogP contribution >= 0.6 is 11.3 Å². The zero-order chi connectivity index (χ0) is 10.4. The van der Waals surface area contributed by atoms with E-state index in [9.17, 15) is 13.2 Å². The Morgan fingerprint density at radius 3 is 2.36 bits per heavy atom. The average Bonchev–Trinajstić information content (AvgIpc) is 2.73. The Morgan fingerprint density at radius 2 is 2.00 bits per heavy atom. The molecule has 0 N–H and O–H groups in total. The van der Waals surface area contributed by atoms with Gasteiger partial charge in [0.25, 0.3) is 0 Å². The van der Waals surface area contributed by atoms with Crippen LogP contribution in [0.3, 0.4) is 0 Å². The van der Waals surface area contributed by atoms with Gasteiger partial charge in [0.2, 0.25) is 5.01 Å². The van der Waals surface area contributed by atoms with Gasteiger partial charge in [0.05, 0.1) is 6.07 Å². The molecule has 1 aromatic heterocycles. The third-order valence-electron chi connectivity index (χ3n) is 2.04. The lowest BCUT2D eigenvalue weighted by Crippen LogP contribution is -2.03. The molecular formula is C7H4F3N3S. The van der Waals surface area contributed by atoms with E-state index in [1.165, 1.54) is 0 Å². The minimum absolute atomic E-state index is 0.187. The van der Waals surface area contributed by atoms with Crippen LogP contribution < -0.4 is 0 Å². The van der Waals surface area contributed by atoms with E-state index in [1.807, 2.05) is 6.07 Å². The summed E-state index contributed by atoms with van der Waals surface area (Å²) in [5.74, 6) is 0. The Bertz CT molecular complexity index is 399. The molecule has 7 heteroatoms. The monoisotopic (exact) mass is 219 g/mol. The Kier molecular flexibility index (Phi) is 1.79. The van der Waals surface area contributed by atoms with Gasteiger partial charge in [-0.3, -0.25) is 0 Å². The van der Waals surface area contributed by atoms with Crippen LogP contribution in [0, 0.1) is 11.3 Å². The summed E-state index contributed by atoms with van der Waals surface area (Å²) in [6, 6.07) is 1.97. The molecule has 0 bridgehead atoms. The molecule has 14 heavy (non-hydrogen) atoms. The number of halogens is 3. The van der Waals surface area contributed by atoms with Crippen LogP contribution in [0.5, 0.6) is 0 Å². The number of alkyl halides is 3. The number of nitriles is 1. The summed E-state index contributed by atoms with van der Waals surface area (Å²) >= 11 is 0.464.